The van der Waals surface area contributed by atoms with Crippen LogP contribution in [0, 0.1) is 0 Å². The van der Waals surface area contributed by atoms with Gasteiger partial charge < -0.3 is 0 Å². The fourth-order valence-electron chi connectivity index (χ4n) is 0.643. The maximum atomic E-state index is 2.26. The maximum absolute atomic E-state index is 2.26. The number of hydrogen-bond donors (Lipinski definition) is 0. The van der Waals surface area contributed by atoms with Crippen LogP contribution in [0.2, 0.25) is 0 Å². The second-order valence-electron chi connectivity index (χ2n) is 2.31. The number of hydrogen-bond acceptors (Lipinski definition) is 1. The summed E-state index contributed by atoms with van der Waals surface area (Å²) in [5, 5.41) is 0. The molecule has 0 fully saturated rings. The van der Waals surface area contributed by atoms with E-state index in [2.05, 4.69) is 46.4 Å². The Balaban J connectivity index is 2.65. The summed E-state index contributed by atoms with van der Waals surface area (Å²) in [4.78, 5) is 0. The van der Waals surface area contributed by atoms with Crippen LogP contribution in [0.4, 0.5) is 0 Å². The van der Waals surface area contributed by atoms with E-state index < -0.39 is 0 Å². The predicted octanol–water partition coefficient (Wildman–Crippen LogP) is 1.40. The number of rotatable bonds is 2. The van der Waals surface area contributed by atoms with Crippen LogP contribution in [0.3, 0.4) is 0 Å². The van der Waals surface area contributed by atoms with Gasteiger partial charge in [0.1, 0.15) is 0 Å². The first-order valence-electron chi connectivity index (χ1n) is 3.42. The van der Waals surface area contributed by atoms with Gasteiger partial charge in [0, 0.05) is 0 Å². The first-order chi connectivity index (χ1) is 5.29. The van der Waals surface area contributed by atoms with Crippen molar-refractivity contribution in [2.24, 2.45) is 0 Å². The number of benzene rings is 1. The van der Waals surface area contributed by atoms with Crippen LogP contribution in [0.5, 0.6) is 0 Å². The van der Waals surface area contributed by atoms with Gasteiger partial charge in [0.2, 0.25) is 0 Å². The Morgan fingerprint density at radius 2 is 1.82 bits per heavy atom. The molecule has 0 saturated heterocycles. The third-order valence-electron chi connectivity index (χ3n) is 1.11. The molecule has 0 unspecified atom stereocenters. The Labute approximate surface area is 76.0 Å². The van der Waals surface area contributed by atoms with Gasteiger partial charge >= 0.3 is 75.8 Å². The summed E-state index contributed by atoms with van der Waals surface area (Å²) < 4.78 is 4.45. The molecule has 1 rings (SSSR count). The summed E-state index contributed by atoms with van der Waals surface area (Å²) in [5.41, 5.74) is 1.32. The first-order valence-corrected chi connectivity index (χ1v) is 5.01. The van der Waals surface area contributed by atoms with Crippen molar-refractivity contribution in [3.63, 3.8) is 0 Å². The molecule has 1 nitrogen and oxygen atoms in total. The van der Waals surface area contributed by atoms with Gasteiger partial charge in [0.15, 0.2) is 0 Å². The topological polar surface area (TPSA) is 3.24 Å². The Morgan fingerprint density at radius 1 is 1.18 bits per heavy atom. The molecule has 0 aliphatic rings. The fraction of sp³-hybridized carbons (Fsp3) is 0.222. The van der Waals surface area contributed by atoms with Crippen molar-refractivity contribution in [2.45, 2.75) is 0 Å². The molecular formula is C9H12NPd. The van der Waals surface area contributed by atoms with Gasteiger partial charge in [-0.05, 0) is 0 Å². The summed E-state index contributed by atoms with van der Waals surface area (Å²) in [6.07, 6.45) is 0. The SMILES string of the molecule is C[N](C)[Pd]=[CH]c1ccccc1. The fourth-order valence-corrected chi connectivity index (χ4v) is 1.58. The normalized spacial score (nSPS) is 12.6. The van der Waals surface area contributed by atoms with Crippen molar-refractivity contribution in [1.29, 1.82) is 0 Å². The van der Waals surface area contributed by atoms with E-state index in [1.165, 1.54) is 5.56 Å². The zero-order valence-corrected chi connectivity index (χ0v) is 8.28. The molecule has 63 valence electrons. The van der Waals surface area contributed by atoms with Crippen LogP contribution in [0.25, 0.3) is 0 Å². The number of nitrogens with zero attached hydrogens (tertiary/aromatic N) is 1. The Morgan fingerprint density at radius 3 is 2.36 bits per heavy atom. The van der Waals surface area contributed by atoms with Crippen LogP contribution in [0.1, 0.15) is 5.56 Å². The third-order valence-corrected chi connectivity index (χ3v) is 2.63. The van der Waals surface area contributed by atoms with Gasteiger partial charge in [-0.3, -0.25) is 0 Å². The van der Waals surface area contributed by atoms with Crippen molar-refractivity contribution < 1.29 is 17.8 Å². The minimum atomic E-state index is 0.591. The molecule has 0 aromatic heterocycles. The van der Waals surface area contributed by atoms with Crippen LogP contribution in [-0.4, -0.2) is 22.1 Å². The summed E-state index contributed by atoms with van der Waals surface area (Å²) in [5.74, 6) is 0. The summed E-state index contributed by atoms with van der Waals surface area (Å²) in [6, 6.07) is 10.4. The van der Waals surface area contributed by atoms with E-state index in [0.717, 1.165) is 0 Å². The van der Waals surface area contributed by atoms with Gasteiger partial charge in [-0.1, -0.05) is 0 Å². The molecule has 11 heavy (non-hydrogen) atoms. The van der Waals surface area contributed by atoms with E-state index >= 15 is 0 Å². The third kappa shape index (κ3) is 3.57. The van der Waals surface area contributed by atoms with Crippen molar-refractivity contribution in [1.82, 2.24) is 3.53 Å². The molecule has 1 aromatic rings. The Bertz CT molecular complexity index is 229. The van der Waals surface area contributed by atoms with Crippen LogP contribution >= 0.6 is 0 Å². The second-order valence-corrected chi connectivity index (χ2v) is 4.55. The molecule has 0 aliphatic carbocycles. The zero-order chi connectivity index (χ0) is 8.10. The molecule has 0 radical (unpaired) electrons. The monoisotopic (exact) mass is 240 g/mol. The molecular weight excluding hydrogens is 229 g/mol. The van der Waals surface area contributed by atoms with Gasteiger partial charge in [-0.2, -0.15) is 0 Å². The molecule has 0 heterocycles. The van der Waals surface area contributed by atoms with Crippen molar-refractivity contribution in [3.05, 3.63) is 35.9 Å². The summed E-state index contributed by atoms with van der Waals surface area (Å²) in [7, 11) is 4.18. The Kier molecular flexibility index (Phi) is 3.65. The van der Waals surface area contributed by atoms with Crippen molar-refractivity contribution >= 4 is 4.49 Å². The zero-order valence-electron chi connectivity index (χ0n) is 6.73. The van der Waals surface area contributed by atoms with E-state index in [-0.39, 0.29) is 0 Å². The van der Waals surface area contributed by atoms with E-state index in [9.17, 15) is 0 Å². The van der Waals surface area contributed by atoms with Crippen LogP contribution < -0.4 is 0 Å². The quantitative estimate of drug-likeness (QED) is 0.707. The Hall–Kier alpha value is -0.288. The molecule has 0 aliphatic heterocycles. The first kappa shape index (κ1) is 8.81. The molecule has 0 bridgehead atoms. The summed E-state index contributed by atoms with van der Waals surface area (Å²) >= 11 is 0.591. The second kappa shape index (κ2) is 4.56. The van der Waals surface area contributed by atoms with Crippen LogP contribution in [-0.2, 0) is 17.8 Å². The molecule has 0 amide bonds. The van der Waals surface area contributed by atoms with Crippen molar-refractivity contribution in [3.8, 4) is 0 Å². The average Bonchev–Trinajstić information content (AvgIpc) is 2.03. The van der Waals surface area contributed by atoms with E-state index in [1.54, 1.807) is 0 Å². The van der Waals surface area contributed by atoms with Crippen molar-refractivity contribution in [2.75, 3.05) is 14.1 Å². The van der Waals surface area contributed by atoms with Crippen LogP contribution in [0.15, 0.2) is 30.3 Å². The van der Waals surface area contributed by atoms with Gasteiger partial charge in [0.25, 0.3) is 0 Å². The standard InChI is InChI=1S/C7H6.C2H6N.Pd/c1-7-5-3-2-4-6-7;1-3-2;/h1-6H;1-2H3;/q;-1;+1. The molecule has 0 saturated carbocycles. The molecule has 0 spiro atoms. The van der Waals surface area contributed by atoms with E-state index in [0.29, 0.717) is 17.8 Å². The van der Waals surface area contributed by atoms with E-state index in [4.69, 9.17) is 0 Å². The van der Waals surface area contributed by atoms with Gasteiger partial charge in [-0.25, -0.2) is 0 Å². The summed E-state index contributed by atoms with van der Waals surface area (Å²) in [6.45, 7) is 0. The molecule has 1 aromatic carbocycles. The average molecular weight is 241 g/mol. The molecule has 0 N–H and O–H groups in total. The minimum absolute atomic E-state index is 0.591. The van der Waals surface area contributed by atoms with E-state index in [1.807, 2.05) is 6.07 Å². The molecule has 0 atom stereocenters. The molecule has 2 heteroatoms. The van der Waals surface area contributed by atoms with Gasteiger partial charge in [0.05, 0.1) is 0 Å². The predicted molar refractivity (Wildman–Crippen MR) is 45.3 cm³/mol. The van der Waals surface area contributed by atoms with Gasteiger partial charge in [-0.15, -0.1) is 0 Å².